The zero-order valence-electron chi connectivity index (χ0n) is 21.5. The zero-order chi connectivity index (χ0) is 26.4. The largest absolute Gasteiger partial charge is 0.497 e. The Morgan fingerprint density at radius 1 is 0.921 bits per heavy atom. The van der Waals surface area contributed by atoms with Crippen molar-refractivity contribution in [1.29, 1.82) is 0 Å². The van der Waals surface area contributed by atoms with Gasteiger partial charge in [0.25, 0.3) is 5.56 Å². The van der Waals surface area contributed by atoms with Crippen LogP contribution in [0.1, 0.15) is 36.0 Å². The van der Waals surface area contributed by atoms with Crippen molar-refractivity contribution >= 4 is 27.7 Å². The summed E-state index contributed by atoms with van der Waals surface area (Å²) in [6, 6.07) is 19.8. The van der Waals surface area contributed by atoms with Gasteiger partial charge in [-0.1, -0.05) is 30.3 Å². The Balaban J connectivity index is 1.53. The second kappa shape index (κ2) is 9.37. The summed E-state index contributed by atoms with van der Waals surface area (Å²) in [5.74, 6) is 1.74. The van der Waals surface area contributed by atoms with E-state index in [1.165, 1.54) is 0 Å². The topological polar surface area (TPSA) is 89.5 Å². The first kappa shape index (κ1) is 23.8. The number of ether oxygens (including phenoxy) is 2. The molecule has 5 aromatic rings. The number of amides is 1. The first-order chi connectivity index (χ1) is 18.5. The first-order valence-corrected chi connectivity index (χ1v) is 12.6. The maximum Gasteiger partial charge on any atom is 0.262 e. The van der Waals surface area contributed by atoms with Crippen LogP contribution in [0.3, 0.4) is 0 Å². The van der Waals surface area contributed by atoms with Crippen molar-refractivity contribution in [3.63, 3.8) is 0 Å². The van der Waals surface area contributed by atoms with Gasteiger partial charge in [0.2, 0.25) is 5.91 Å². The van der Waals surface area contributed by atoms with Gasteiger partial charge in [-0.15, -0.1) is 0 Å². The van der Waals surface area contributed by atoms with Crippen molar-refractivity contribution in [1.82, 2.24) is 19.4 Å². The Hall–Kier alpha value is -4.59. The number of nitrogens with one attached hydrogen (secondary N) is 1. The molecule has 0 radical (unpaired) electrons. The van der Waals surface area contributed by atoms with Crippen LogP contribution in [0.25, 0.3) is 21.8 Å². The smallest absolute Gasteiger partial charge is 0.262 e. The molecule has 0 saturated heterocycles. The Kier molecular flexibility index (Phi) is 5.87. The van der Waals surface area contributed by atoms with Crippen LogP contribution in [0.4, 0.5) is 0 Å². The lowest BCUT2D eigenvalue weighted by atomic mass is 9.97. The van der Waals surface area contributed by atoms with Gasteiger partial charge in [-0.05, 0) is 42.8 Å². The minimum Gasteiger partial charge on any atom is -0.497 e. The quantitative estimate of drug-likeness (QED) is 0.357. The molecule has 0 bridgehead atoms. The van der Waals surface area contributed by atoms with Crippen LogP contribution < -0.4 is 15.0 Å². The number of benzene rings is 3. The standard InChI is InChI=1S/C30H28N4O4/c1-18-29(35)33(17-19-12-13-21(37-2)15-27(19)38-3)26(14-20-16-31-24-10-6-4-8-22(20)24)28-32-25-11-7-5-9-23(25)30(36)34(18)28/h4-13,15-16,18,26,31H,14,17H2,1-3H3/t18-,26-/m0/s1. The lowest BCUT2D eigenvalue weighted by Crippen LogP contribution is -2.49. The monoisotopic (exact) mass is 508 g/mol. The van der Waals surface area contributed by atoms with E-state index in [0.29, 0.717) is 41.2 Å². The molecule has 38 heavy (non-hydrogen) atoms. The van der Waals surface area contributed by atoms with Gasteiger partial charge in [-0.3, -0.25) is 14.2 Å². The van der Waals surface area contributed by atoms with Crippen LogP contribution in [-0.2, 0) is 17.8 Å². The van der Waals surface area contributed by atoms with Gasteiger partial charge in [0.15, 0.2) is 0 Å². The second-order valence-corrected chi connectivity index (χ2v) is 9.56. The molecule has 192 valence electrons. The Morgan fingerprint density at radius 3 is 2.47 bits per heavy atom. The number of hydrogen-bond acceptors (Lipinski definition) is 5. The third-order valence-corrected chi connectivity index (χ3v) is 7.46. The van der Waals surface area contributed by atoms with Crippen LogP contribution in [0.2, 0.25) is 0 Å². The molecule has 3 heterocycles. The van der Waals surface area contributed by atoms with Gasteiger partial charge in [-0.25, -0.2) is 4.98 Å². The average molecular weight is 509 g/mol. The van der Waals surface area contributed by atoms with Crippen LogP contribution in [0.5, 0.6) is 11.5 Å². The minimum absolute atomic E-state index is 0.139. The number of rotatable bonds is 6. The highest BCUT2D eigenvalue weighted by molar-refractivity contribution is 5.85. The summed E-state index contributed by atoms with van der Waals surface area (Å²) in [5, 5.41) is 1.59. The van der Waals surface area contributed by atoms with Crippen molar-refractivity contribution in [3.8, 4) is 11.5 Å². The molecule has 0 unspecified atom stereocenters. The summed E-state index contributed by atoms with van der Waals surface area (Å²) in [5.41, 5.74) is 3.33. The van der Waals surface area contributed by atoms with E-state index >= 15 is 0 Å². The Labute approximate surface area is 219 Å². The molecule has 1 aliphatic rings. The second-order valence-electron chi connectivity index (χ2n) is 9.56. The van der Waals surface area contributed by atoms with Crippen LogP contribution >= 0.6 is 0 Å². The lowest BCUT2D eigenvalue weighted by molar-refractivity contribution is -0.140. The Morgan fingerprint density at radius 2 is 1.68 bits per heavy atom. The van der Waals surface area contributed by atoms with Crippen molar-refractivity contribution in [2.75, 3.05) is 14.2 Å². The molecule has 8 nitrogen and oxygen atoms in total. The number of H-pyrrole nitrogens is 1. The highest BCUT2D eigenvalue weighted by atomic mass is 16.5. The third-order valence-electron chi connectivity index (χ3n) is 7.46. The number of fused-ring (bicyclic) bond motifs is 3. The van der Waals surface area contributed by atoms with Gasteiger partial charge >= 0.3 is 0 Å². The maximum absolute atomic E-state index is 14.0. The highest BCUT2D eigenvalue weighted by Gasteiger charge is 2.40. The predicted octanol–water partition coefficient (Wildman–Crippen LogP) is 4.78. The van der Waals surface area contributed by atoms with Crippen LogP contribution in [0.15, 0.2) is 77.7 Å². The van der Waals surface area contributed by atoms with E-state index < -0.39 is 12.1 Å². The number of carbonyl (C=O) groups is 1. The fourth-order valence-corrected chi connectivity index (χ4v) is 5.48. The normalized spacial score (nSPS) is 17.1. The van der Waals surface area contributed by atoms with E-state index in [4.69, 9.17) is 14.5 Å². The molecule has 8 heteroatoms. The van der Waals surface area contributed by atoms with Crippen molar-refractivity contribution < 1.29 is 14.3 Å². The summed E-state index contributed by atoms with van der Waals surface area (Å²) < 4.78 is 12.6. The minimum atomic E-state index is -0.696. The average Bonchev–Trinajstić information content (AvgIpc) is 3.36. The van der Waals surface area contributed by atoms with Gasteiger partial charge in [-0.2, -0.15) is 0 Å². The number of aromatic amines is 1. The predicted molar refractivity (Wildman–Crippen MR) is 146 cm³/mol. The number of aromatic nitrogens is 3. The third kappa shape index (κ3) is 3.80. The maximum atomic E-state index is 14.0. The molecule has 1 N–H and O–H groups in total. The van der Waals surface area contributed by atoms with Gasteiger partial charge in [0.05, 0.1) is 37.7 Å². The van der Waals surface area contributed by atoms with Gasteiger partial charge in [0.1, 0.15) is 23.4 Å². The summed E-state index contributed by atoms with van der Waals surface area (Å²) in [4.78, 5) is 37.7. The van der Waals surface area contributed by atoms with E-state index in [1.807, 2.05) is 65.7 Å². The fourth-order valence-electron chi connectivity index (χ4n) is 5.48. The van der Waals surface area contributed by atoms with Gasteiger partial charge < -0.3 is 19.4 Å². The number of carbonyl (C=O) groups excluding carboxylic acids is 1. The number of hydrogen-bond donors (Lipinski definition) is 1. The number of para-hydroxylation sites is 2. The molecule has 0 saturated carbocycles. The summed E-state index contributed by atoms with van der Waals surface area (Å²) in [6.45, 7) is 2.07. The zero-order valence-corrected chi connectivity index (χ0v) is 21.5. The summed E-state index contributed by atoms with van der Waals surface area (Å²) in [6.07, 6.45) is 2.47. The van der Waals surface area contributed by atoms with E-state index in [2.05, 4.69) is 11.1 Å². The van der Waals surface area contributed by atoms with Crippen molar-refractivity contribution in [2.45, 2.75) is 32.0 Å². The van der Waals surface area contributed by atoms with Crippen molar-refractivity contribution in [3.05, 3.63) is 100 Å². The SMILES string of the molecule is COc1ccc(CN2C(=O)[C@H](C)n3c(nc4ccccc4c3=O)[C@@H]2Cc2c[nH]c3ccccc23)c(OC)c1. The summed E-state index contributed by atoms with van der Waals surface area (Å²) in [7, 11) is 3.21. The highest BCUT2D eigenvalue weighted by Crippen LogP contribution is 2.37. The van der Waals surface area contributed by atoms with Crippen molar-refractivity contribution in [2.24, 2.45) is 0 Å². The van der Waals surface area contributed by atoms with E-state index in [0.717, 1.165) is 22.0 Å². The molecule has 0 spiro atoms. The number of nitrogens with zero attached hydrogens (tertiary/aromatic N) is 3. The lowest BCUT2D eigenvalue weighted by Gasteiger charge is -2.40. The van der Waals surface area contributed by atoms with E-state index in [1.54, 1.807) is 31.8 Å². The first-order valence-electron chi connectivity index (χ1n) is 12.6. The molecule has 1 aliphatic heterocycles. The molecule has 3 aromatic carbocycles. The molecule has 1 amide bonds. The molecule has 2 aromatic heterocycles. The van der Waals surface area contributed by atoms with Gasteiger partial charge in [0, 0.05) is 35.2 Å². The molecular formula is C30H28N4O4. The molecule has 6 rings (SSSR count). The molecule has 2 atom stereocenters. The molecule has 0 aliphatic carbocycles. The van der Waals surface area contributed by atoms with E-state index in [-0.39, 0.29) is 11.5 Å². The van der Waals surface area contributed by atoms with Crippen LogP contribution in [0, 0.1) is 0 Å². The fraction of sp³-hybridized carbons (Fsp3) is 0.233. The van der Waals surface area contributed by atoms with Crippen LogP contribution in [-0.4, -0.2) is 39.6 Å². The summed E-state index contributed by atoms with van der Waals surface area (Å²) >= 11 is 0. The molecular weight excluding hydrogens is 480 g/mol. The molecule has 0 fully saturated rings. The van der Waals surface area contributed by atoms with E-state index in [9.17, 15) is 9.59 Å². The Bertz CT molecular complexity index is 1740. The number of methoxy groups -OCH3 is 2.